The number of aliphatic imine (C=N–C) groups is 2. The van der Waals surface area contributed by atoms with Gasteiger partial charge in [0.05, 0.1) is 0 Å². The molecule has 0 N–H and O–H groups in total. The molecule has 231 valence electrons. The number of benzene rings is 5. The van der Waals surface area contributed by atoms with Gasteiger partial charge in [-0.05, 0) is 87.6 Å². The molecule has 0 aliphatic rings. The van der Waals surface area contributed by atoms with Gasteiger partial charge in [0, 0.05) is 27.2 Å². The third-order valence-corrected chi connectivity index (χ3v) is 8.66. The monoisotopic (exact) mass is 793 g/mol. The zero-order valence-corrected chi connectivity index (χ0v) is 29.8. The van der Waals surface area contributed by atoms with E-state index in [1.54, 1.807) is 24.5 Å². The molecule has 0 aliphatic carbocycles. The Hall–Kier alpha value is -4.47. The maximum absolute atomic E-state index is 4.15. The number of hydrogen-bond acceptors (Lipinski definition) is 3. The van der Waals surface area contributed by atoms with E-state index < -0.39 is 0 Å². The van der Waals surface area contributed by atoms with Crippen LogP contribution in [0.2, 0.25) is 0 Å². The fourth-order valence-corrected chi connectivity index (χ4v) is 6.10. The van der Waals surface area contributed by atoms with Crippen LogP contribution < -0.4 is 0 Å². The van der Waals surface area contributed by atoms with Crippen molar-refractivity contribution in [2.24, 2.45) is 9.98 Å². The first-order valence-corrected chi connectivity index (χ1v) is 15.7. The van der Waals surface area contributed by atoms with Gasteiger partial charge in [-0.15, -0.1) is 71.6 Å². The number of fused-ring (bicyclic) bond motifs is 1. The van der Waals surface area contributed by atoms with Crippen molar-refractivity contribution in [3.63, 3.8) is 0 Å². The van der Waals surface area contributed by atoms with E-state index >= 15 is 0 Å². The van der Waals surface area contributed by atoms with Crippen LogP contribution in [0.15, 0.2) is 138 Å². The van der Waals surface area contributed by atoms with E-state index in [1.165, 1.54) is 43.6 Å². The number of nitrogens with zero attached hydrogens (tertiary/aromatic N) is 2. The van der Waals surface area contributed by atoms with Crippen LogP contribution in [0.1, 0.15) is 28.5 Å². The first-order chi connectivity index (χ1) is 21.9. The van der Waals surface area contributed by atoms with Crippen molar-refractivity contribution in [2.75, 3.05) is 7.05 Å². The van der Waals surface area contributed by atoms with E-state index in [9.17, 15) is 0 Å². The predicted molar refractivity (Wildman–Crippen MR) is 198 cm³/mol. The van der Waals surface area contributed by atoms with Gasteiger partial charge >= 0.3 is 0 Å². The van der Waals surface area contributed by atoms with Gasteiger partial charge in [-0.3, -0.25) is 0 Å². The summed E-state index contributed by atoms with van der Waals surface area (Å²) in [5.41, 5.74) is 12.4. The quantitative estimate of drug-likeness (QED) is 0.114. The summed E-state index contributed by atoms with van der Waals surface area (Å²) >= 11 is 1.70. The molecule has 0 saturated carbocycles. The molecule has 1 radical (unpaired) electrons. The van der Waals surface area contributed by atoms with Crippen LogP contribution >= 0.6 is 11.3 Å². The van der Waals surface area contributed by atoms with Crippen molar-refractivity contribution in [3.05, 3.63) is 162 Å². The second kappa shape index (κ2) is 16.2. The molecule has 6 rings (SSSR count). The molecule has 5 aromatic carbocycles. The first kappa shape index (κ1) is 34.4. The van der Waals surface area contributed by atoms with Crippen LogP contribution in [0, 0.1) is 26.0 Å². The third kappa shape index (κ3) is 8.21. The average Bonchev–Trinajstić information content (AvgIpc) is 3.51. The van der Waals surface area contributed by atoms with Crippen LogP contribution in [0.25, 0.3) is 49.2 Å². The molecule has 0 fully saturated rings. The summed E-state index contributed by atoms with van der Waals surface area (Å²) in [4.78, 5) is 9.35. The number of aryl methyl sites for hydroxylation is 2. The molecule has 2 nitrogen and oxygen atoms in total. The summed E-state index contributed by atoms with van der Waals surface area (Å²) in [6, 6.07) is 45.2. The van der Waals surface area contributed by atoms with Gasteiger partial charge in [0.25, 0.3) is 0 Å². The Bertz CT molecular complexity index is 1920. The Labute approximate surface area is 291 Å². The molecule has 0 unspecified atom stereocenters. The molecular formula is C42H36IrN2S-2. The second-order valence-corrected chi connectivity index (χ2v) is 11.8. The Kier molecular flexibility index (Phi) is 12.1. The Morgan fingerprint density at radius 2 is 1.30 bits per heavy atom. The van der Waals surface area contributed by atoms with Gasteiger partial charge in [0.1, 0.15) is 0 Å². The first-order valence-electron chi connectivity index (χ1n) is 14.9. The standard InChI is InChI=1S/C30H26N.C12H10NS.Ir/c1-5-30(31-4)26-8-6-7-25(17-26)29-19-27(23-13-9-21(2)10-14-23)18-28(20-29)24-15-11-22(3)12-16-24;1-3-10(13-2)12-8-9-6-4-5-7-11(9)14-12;/h5-7,9-20H,4H2,1-3H3;3-7H,1H2,2H3;/q2*-1;/b30-5-;;. The average molecular weight is 793 g/mol. The summed E-state index contributed by atoms with van der Waals surface area (Å²) in [6.07, 6.45) is 3.73. The second-order valence-electron chi connectivity index (χ2n) is 10.7. The van der Waals surface area contributed by atoms with Crippen molar-refractivity contribution >= 4 is 39.5 Å². The van der Waals surface area contributed by atoms with E-state index in [2.05, 4.69) is 140 Å². The van der Waals surface area contributed by atoms with Gasteiger partial charge in [-0.25, -0.2) is 11.3 Å². The van der Waals surface area contributed by atoms with E-state index in [0.717, 1.165) is 32.8 Å². The summed E-state index contributed by atoms with van der Waals surface area (Å²) in [5, 5.41) is 1.15. The van der Waals surface area contributed by atoms with Gasteiger partial charge in [0.2, 0.25) is 0 Å². The minimum atomic E-state index is 0. The summed E-state index contributed by atoms with van der Waals surface area (Å²) < 4.78 is 1.24. The van der Waals surface area contributed by atoms with E-state index in [1.807, 2.05) is 31.2 Å². The zero-order valence-electron chi connectivity index (χ0n) is 26.6. The molecule has 46 heavy (non-hydrogen) atoms. The van der Waals surface area contributed by atoms with Crippen LogP contribution in [0.3, 0.4) is 0 Å². The van der Waals surface area contributed by atoms with Crippen molar-refractivity contribution in [1.29, 1.82) is 0 Å². The molecule has 0 aliphatic heterocycles. The number of hydrogen-bond donors (Lipinski definition) is 0. The van der Waals surface area contributed by atoms with Crippen molar-refractivity contribution in [3.8, 4) is 33.4 Å². The molecular weight excluding hydrogens is 757 g/mol. The molecule has 0 saturated heterocycles. The molecule has 0 bridgehead atoms. The smallest absolute Gasteiger partial charge is 0.0177 e. The fourth-order valence-electron chi connectivity index (χ4n) is 5.06. The molecule has 1 heterocycles. The van der Waals surface area contributed by atoms with Gasteiger partial charge in [-0.2, -0.15) is 0 Å². The van der Waals surface area contributed by atoms with Gasteiger partial charge in [-0.1, -0.05) is 84.8 Å². The molecule has 6 aromatic rings. The van der Waals surface area contributed by atoms with Crippen molar-refractivity contribution < 1.29 is 20.1 Å². The Balaban J connectivity index is 0.000000268. The third-order valence-electron chi connectivity index (χ3n) is 7.57. The van der Waals surface area contributed by atoms with Crippen molar-refractivity contribution in [2.45, 2.75) is 20.8 Å². The van der Waals surface area contributed by atoms with Crippen LogP contribution in [0.5, 0.6) is 0 Å². The summed E-state index contributed by atoms with van der Waals surface area (Å²) in [5.74, 6) is 0. The Morgan fingerprint density at radius 1 is 0.739 bits per heavy atom. The molecule has 0 atom stereocenters. The maximum atomic E-state index is 4.15. The predicted octanol–water partition coefficient (Wildman–Crippen LogP) is 11.5. The molecule has 0 spiro atoms. The van der Waals surface area contributed by atoms with E-state index in [0.29, 0.717) is 0 Å². The SMILES string of the molecule is C=CC(=NC)c1[c-]c2ccccc2s1.C=N/C(=C\C)c1[c-]ccc(-c2cc(-c3ccc(C)cc3)cc(-c3ccc(C)cc3)c2)c1.[Ir]. The van der Waals surface area contributed by atoms with Crippen LogP contribution in [-0.2, 0) is 20.1 Å². The van der Waals surface area contributed by atoms with Crippen LogP contribution in [-0.4, -0.2) is 19.5 Å². The summed E-state index contributed by atoms with van der Waals surface area (Å²) in [7, 11) is 1.77. The van der Waals surface area contributed by atoms with Crippen LogP contribution in [0.4, 0.5) is 0 Å². The Morgan fingerprint density at radius 3 is 1.80 bits per heavy atom. The van der Waals surface area contributed by atoms with Gasteiger partial charge < -0.3 is 9.98 Å². The fraction of sp³-hybridized carbons (Fsp3) is 0.0952. The maximum Gasteiger partial charge on any atom is 0.0177 e. The van der Waals surface area contributed by atoms with Crippen molar-refractivity contribution in [1.82, 2.24) is 0 Å². The number of allylic oxidation sites excluding steroid dienone is 2. The molecule has 0 amide bonds. The van der Waals surface area contributed by atoms with E-state index in [4.69, 9.17) is 0 Å². The topological polar surface area (TPSA) is 24.7 Å². The largest absolute Gasteiger partial charge is 0.335 e. The summed E-state index contributed by atoms with van der Waals surface area (Å²) in [6.45, 7) is 13.6. The zero-order chi connectivity index (χ0) is 31.8. The number of rotatable bonds is 7. The van der Waals surface area contributed by atoms with Gasteiger partial charge in [0.15, 0.2) is 0 Å². The minimum absolute atomic E-state index is 0. The normalized spacial score (nSPS) is 11.3. The molecule has 4 heteroatoms. The minimum Gasteiger partial charge on any atom is -0.335 e. The molecule has 1 aromatic heterocycles. The number of thiophene rings is 1. The van der Waals surface area contributed by atoms with E-state index in [-0.39, 0.29) is 20.1 Å².